The lowest BCUT2D eigenvalue weighted by atomic mass is 10.1. The number of carbonyl (C=O) groups is 1. The molecular weight excluding hydrogens is 453 g/mol. The number of aryl methyl sites for hydroxylation is 2. The van der Waals surface area contributed by atoms with Crippen LogP contribution >= 0.6 is 0 Å². The Hall–Kier alpha value is -3.32. The molecule has 1 saturated heterocycles. The molecule has 0 N–H and O–H groups in total. The zero-order valence-electron chi connectivity index (χ0n) is 19.9. The van der Waals surface area contributed by atoms with Crippen molar-refractivity contribution >= 4 is 5.91 Å². The van der Waals surface area contributed by atoms with Gasteiger partial charge in [0.2, 0.25) is 0 Å². The molecule has 0 radical (unpaired) electrons. The maximum absolute atomic E-state index is 13.1. The number of piperazine rings is 1. The van der Waals surface area contributed by atoms with Crippen LogP contribution in [0, 0.1) is 13.8 Å². The van der Waals surface area contributed by atoms with E-state index in [-0.39, 0.29) is 5.91 Å². The van der Waals surface area contributed by atoms with Crippen molar-refractivity contribution in [3.63, 3.8) is 0 Å². The lowest BCUT2D eigenvalue weighted by molar-refractivity contribution is -0.137. The monoisotopic (exact) mass is 482 g/mol. The van der Waals surface area contributed by atoms with Gasteiger partial charge in [0.25, 0.3) is 5.91 Å². The Morgan fingerprint density at radius 2 is 1.60 bits per heavy atom. The summed E-state index contributed by atoms with van der Waals surface area (Å²) in [6.07, 6.45) is -4.35. The van der Waals surface area contributed by atoms with Crippen LogP contribution in [0.2, 0.25) is 0 Å². The zero-order chi connectivity index (χ0) is 25.0. The van der Waals surface area contributed by atoms with Crippen LogP contribution < -0.4 is 4.74 Å². The van der Waals surface area contributed by atoms with E-state index in [2.05, 4.69) is 11.0 Å². The fourth-order valence-electron chi connectivity index (χ4n) is 4.31. The first-order chi connectivity index (χ1) is 16.7. The van der Waals surface area contributed by atoms with E-state index in [9.17, 15) is 18.0 Å². The molecule has 0 saturated carbocycles. The Morgan fingerprint density at radius 3 is 2.31 bits per heavy atom. The third-order valence-corrected chi connectivity index (χ3v) is 6.22. The molecule has 1 fully saturated rings. The summed E-state index contributed by atoms with van der Waals surface area (Å²) in [5, 5.41) is 0. The highest BCUT2D eigenvalue weighted by molar-refractivity contribution is 5.94. The highest BCUT2D eigenvalue weighted by Gasteiger charge is 2.30. The van der Waals surface area contributed by atoms with Gasteiger partial charge in [-0.1, -0.05) is 48.0 Å². The summed E-state index contributed by atoms with van der Waals surface area (Å²) in [6, 6.07) is 18.9. The first kappa shape index (κ1) is 24.8. The second-order valence-corrected chi connectivity index (χ2v) is 9.02. The van der Waals surface area contributed by atoms with E-state index in [1.807, 2.05) is 44.2 Å². The van der Waals surface area contributed by atoms with Gasteiger partial charge in [-0.2, -0.15) is 13.2 Å². The van der Waals surface area contributed by atoms with Crippen molar-refractivity contribution in [3.05, 3.63) is 100 Å². The molecule has 35 heavy (non-hydrogen) atoms. The van der Waals surface area contributed by atoms with Crippen LogP contribution in [0.1, 0.15) is 38.2 Å². The number of carbonyl (C=O) groups excluding carboxylic acids is 1. The molecule has 1 heterocycles. The fourth-order valence-corrected chi connectivity index (χ4v) is 4.31. The van der Waals surface area contributed by atoms with E-state index in [0.717, 1.165) is 22.9 Å². The largest absolute Gasteiger partial charge is 0.489 e. The molecule has 0 aromatic heterocycles. The van der Waals surface area contributed by atoms with E-state index in [4.69, 9.17) is 4.74 Å². The van der Waals surface area contributed by atoms with Gasteiger partial charge in [-0.05, 0) is 54.8 Å². The van der Waals surface area contributed by atoms with Crippen molar-refractivity contribution in [3.8, 4) is 5.75 Å². The molecule has 0 bridgehead atoms. The summed E-state index contributed by atoms with van der Waals surface area (Å²) in [5.41, 5.74) is 3.76. The first-order valence-electron chi connectivity index (χ1n) is 11.7. The van der Waals surface area contributed by atoms with Crippen LogP contribution in [0.3, 0.4) is 0 Å². The summed E-state index contributed by atoms with van der Waals surface area (Å²) in [5.74, 6) is 0.779. The quantitative estimate of drug-likeness (QED) is 0.441. The van der Waals surface area contributed by atoms with Crippen LogP contribution in [0.15, 0.2) is 66.7 Å². The molecule has 4 rings (SSSR count). The highest BCUT2D eigenvalue weighted by atomic mass is 19.4. The highest BCUT2D eigenvalue weighted by Crippen LogP contribution is 2.30. The van der Waals surface area contributed by atoms with E-state index < -0.39 is 11.7 Å². The van der Waals surface area contributed by atoms with Crippen LogP contribution in [0.4, 0.5) is 13.2 Å². The Balaban J connectivity index is 1.32. The number of hydrogen-bond donors (Lipinski definition) is 0. The molecule has 1 amide bonds. The van der Waals surface area contributed by atoms with Gasteiger partial charge in [0.1, 0.15) is 12.4 Å². The van der Waals surface area contributed by atoms with Crippen LogP contribution in [0.5, 0.6) is 5.75 Å². The van der Waals surface area contributed by atoms with Crippen molar-refractivity contribution in [1.82, 2.24) is 9.80 Å². The molecule has 0 spiro atoms. The summed E-state index contributed by atoms with van der Waals surface area (Å²) >= 11 is 0. The molecule has 1 aliphatic rings. The van der Waals surface area contributed by atoms with E-state index in [1.165, 1.54) is 17.7 Å². The molecular formula is C28H29F3N2O2. The molecule has 3 aromatic rings. The number of nitrogens with zero attached hydrogens (tertiary/aromatic N) is 2. The van der Waals surface area contributed by atoms with Crippen LogP contribution in [-0.2, 0) is 19.3 Å². The summed E-state index contributed by atoms with van der Waals surface area (Å²) in [7, 11) is 0. The zero-order valence-corrected chi connectivity index (χ0v) is 19.9. The number of rotatable bonds is 6. The Bertz CT molecular complexity index is 1180. The second-order valence-electron chi connectivity index (χ2n) is 9.02. The number of halogens is 3. The third kappa shape index (κ3) is 6.42. The summed E-state index contributed by atoms with van der Waals surface area (Å²) in [4.78, 5) is 17.0. The van der Waals surface area contributed by atoms with Gasteiger partial charge in [-0.15, -0.1) is 0 Å². The smallest absolute Gasteiger partial charge is 0.416 e. The standard InChI is InChI=1S/C28H29F3N2O2/c1-20-9-10-26(21(2)15-20)35-19-23-6-3-7-24(16-23)27(34)33-13-11-32(12-14-33)18-22-5-4-8-25(17-22)28(29,30)31/h3-10,15-17H,11-14,18-19H2,1-2H3. The average molecular weight is 483 g/mol. The van der Waals surface area contributed by atoms with Crippen molar-refractivity contribution < 1.29 is 22.7 Å². The van der Waals surface area contributed by atoms with E-state index in [0.29, 0.717) is 50.5 Å². The summed E-state index contributed by atoms with van der Waals surface area (Å²) < 4.78 is 44.9. The van der Waals surface area contributed by atoms with Crippen LogP contribution in [0.25, 0.3) is 0 Å². The molecule has 7 heteroatoms. The minimum atomic E-state index is -4.35. The molecule has 1 aliphatic heterocycles. The number of amides is 1. The van der Waals surface area contributed by atoms with Gasteiger partial charge < -0.3 is 9.64 Å². The molecule has 0 atom stereocenters. The van der Waals surface area contributed by atoms with Gasteiger partial charge in [0, 0.05) is 38.3 Å². The number of ether oxygens (including phenoxy) is 1. The predicted molar refractivity (Wildman–Crippen MR) is 129 cm³/mol. The normalized spacial score (nSPS) is 14.7. The van der Waals surface area contributed by atoms with Crippen molar-refractivity contribution in [2.24, 2.45) is 0 Å². The maximum atomic E-state index is 13.1. The molecule has 0 aliphatic carbocycles. The predicted octanol–water partition coefficient (Wildman–Crippen LogP) is 5.86. The number of alkyl halides is 3. The topological polar surface area (TPSA) is 32.8 Å². The van der Waals surface area contributed by atoms with Crippen LogP contribution in [-0.4, -0.2) is 41.9 Å². The third-order valence-electron chi connectivity index (χ3n) is 6.22. The lowest BCUT2D eigenvalue weighted by Gasteiger charge is -2.35. The SMILES string of the molecule is Cc1ccc(OCc2cccc(C(=O)N3CCN(Cc4cccc(C(F)(F)F)c4)CC3)c2)c(C)c1. The molecule has 3 aromatic carbocycles. The van der Waals surface area contributed by atoms with Gasteiger partial charge in [0.05, 0.1) is 5.56 Å². The molecule has 4 nitrogen and oxygen atoms in total. The van der Waals surface area contributed by atoms with Crippen molar-refractivity contribution in [2.45, 2.75) is 33.2 Å². The van der Waals surface area contributed by atoms with Gasteiger partial charge in [-0.25, -0.2) is 0 Å². The minimum absolute atomic E-state index is 0.0444. The maximum Gasteiger partial charge on any atom is 0.416 e. The van der Waals surface area contributed by atoms with Gasteiger partial charge >= 0.3 is 6.18 Å². The van der Waals surface area contributed by atoms with Crippen molar-refractivity contribution in [2.75, 3.05) is 26.2 Å². The minimum Gasteiger partial charge on any atom is -0.489 e. The summed E-state index contributed by atoms with van der Waals surface area (Å²) in [6.45, 7) is 7.12. The molecule has 0 unspecified atom stereocenters. The van der Waals surface area contributed by atoms with E-state index in [1.54, 1.807) is 17.0 Å². The Kier molecular flexibility index (Phi) is 7.45. The van der Waals surface area contributed by atoms with E-state index >= 15 is 0 Å². The Labute approximate surface area is 203 Å². The lowest BCUT2D eigenvalue weighted by Crippen LogP contribution is -2.48. The number of hydrogen-bond acceptors (Lipinski definition) is 3. The average Bonchev–Trinajstić information content (AvgIpc) is 2.83. The van der Waals surface area contributed by atoms with Gasteiger partial charge in [0.15, 0.2) is 0 Å². The molecule has 184 valence electrons. The Morgan fingerprint density at radius 1 is 0.886 bits per heavy atom. The number of benzene rings is 3. The van der Waals surface area contributed by atoms with Crippen molar-refractivity contribution in [1.29, 1.82) is 0 Å². The second kappa shape index (κ2) is 10.5. The first-order valence-corrected chi connectivity index (χ1v) is 11.7. The fraction of sp³-hybridized carbons (Fsp3) is 0.321. The van der Waals surface area contributed by atoms with Gasteiger partial charge in [-0.3, -0.25) is 9.69 Å².